The van der Waals surface area contributed by atoms with Crippen molar-refractivity contribution in [2.45, 2.75) is 103 Å². The number of nitrogens with two attached hydrogens (primary N) is 1. The van der Waals surface area contributed by atoms with Crippen LogP contribution in [0.3, 0.4) is 0 Å². The molecule has 2 aliphatic rings. The van der Waals surface area contributed by atoms with E-state index in [4.69, 9.17) is 24.9 Å². The first-order valence-electron chi connectivity index (χ1n) is 15.0. The second-order valence-electron chi connectivity index (χ2n) is 13.4. The molecule has 3 atom stereocenters. The van der Waals surface area contributed by atoms with E-state index in [1.165, 1.54) is 11.9 Å². The zero-order chi connectivity index (χ0) is 30.7. The van der Waals surface area contributed by atoms with E-state index in [1.54, 1.807) is 6.33 Å². The first-order chi connectivity index (χ1) is 20.3. The number of aromatic amines is 1. The summed E-state index contributed by atoms with van der Waals surface area (Å²) in [4.78, 5) is 36.5. The molecular formula is C31H42N8O4. The molecule has 0 radical (unpaired) electrons. The molecule has 0 spiro atoms. The summed E-state index contributed by atoms with van der Waals surface area (Å²) in [5.74, 6) is 0.368. The van der Waals surface area contributed by atoms with Crippen LogP contribution in [-0.4, -0.2) is 77.5 Å². The van der Waals surface area contributed by atoms with Crippen LogP contribution in [0.25, 0.3) is 22.2 Å². The Kier molecular flexibility index (Phi) is 7.22. The van der Waals surface area contributed by atoms with Gasteiger partial charge in [0, 0.05) is 25.4 Å². The molecule has 43 heavy (non-hydrogen) atoms. The predicted molar refractivity (Wildman–Crippen MR) is 162 cm³/mol. The maximum absolute atomic E-state index is 13.6. The number of amides is 1. The number of anilines is 1. The molecule has 3 aromatic heterocycles. The average molecular weight is 591 g/mol. The van der Waals surface area contributed by atoms with Gasteiger partial charge in [0.15, 0.2) is 17.3 Å². The molecule has 4 aromatic rings. The fourth-order valence-corrected chi connectivity index (χ4v) is 6.22. The van der Waals surface area contributed by atoms with E-state index in [0.717, 1.165) is 16.9 Å². The Morgan fingerprint density at radius 2 is 2.02 bits per heavy atom. The Hall–Kier alpha value is -3.61. The zero-order valence-corrected chi connectivity index (χ0v) is 26.0. The summed E-state index contributed by atoms with van der Waals surface area (Å²) in [6, 6.07) is 6.34. The molecular weight excluding hydrogens is 548 g/mol. The van der Waals surface area contributed by atoms with Gasteiger partial charge in [-0.05, 0) is 57.2 Å². The minimum Gasteiger partial charge on any atom is -0.382 e. The van der Waals surface area contributed by atoms with Crippen molar-refractivity contribution in [3.63, 3.8) is 0 Å². The van der Waals surface area contributed by atoms with Crippen LogP contribution in [-0.2, 0) is 36.6 Å². The van der Waals surface area contributed by atoms with Crippen LogP contribution >= 0.6 is 0 Å². The van der Waals surface area contributed by atoms with Gasteiger partial charge < -0.3 is 29.8 Å². The van der Waals surface area contributed by atoms with Crippen molar-refractivity contribution < 1.29 is 19.0 Å². The van der Waals surface area contributed by atoms with Crippen LogP contribution in [0.2, 0.25) is 0 Å². The summed E-state index contributed by atoms with van der Waals surface area (Å²) in [5, 5.41) is 0. The number of nitrogen functional groups attached to an aromatic ring is 1. The third-order valence-corrected chi connectivity index (χ3v) is 8.41. The van der Waals surface area contributed by atoms with Gasteiger partial charge in [0.2, 0.25) is 11.6 Å². The summed E-state index contributed by atoms with van der Waals surface area (Å²) in [7, 11) is 0. The second-order valence-corrected chi connectivity index (χ2v) is 13.4. The molecule has 3 N–H and O–H groups in total. The summed E-state index contributed by atoms with van der Waals surface area (Å²) in [6.07, 6.45) is 3.90. The summed E-state index contributed by atoms with van der Waals surface area (Å²) >= 11 is 0. The highest BCUT2D eigenvalue weighted by Gasteiger charge is 2.63. The van der Waals surface area contributed by atoms with Crippen LogP contribution in [0.1, 0.15) is 72.7 Å². The highest BCUT2D eigenvalue weighted by atomic mass is 16.8. The average Bonchev–Trinajstić information content (AvgIpc) is 3.67. The number of hydrogen-bond donors (Lipinski definition) is 2. The molecule has 0 bridgehead atoms. The van der Waals surface area contributed by atoms with Gasteiger partial charge in [0.05, 0.1) is 24.0 Å². The minimum absolute atomic E-state index is 0.0231. The molecule has 230 valence electrons. The fourth-order valence-electron chi connectivity index (χ4n) is 6.22. The Morgan fingerprint density at radius 3 is 2.77 bits per heavy atom. The number of aromatic nitrogens is 6. The number of ether oxygens (including phenoxy) is 3. The predicted octanol–water partition coefficient (Wildman–Crippen LogP) is 4.05. The van der Waals surface area contributed by atoms with Crippen molar-refractivity contribution in [2.75, 3.05) is 18.9 Å². The zero-order valence-electron chi connectivity index (χ0n) is 26.0. The topological polar surface area (TPSA) is 146 Å². The Morgan fingerprint density at radius 1 is 1.23 bits per heavy atom. The molecule has 12 heteroatoms. The lowest BCUT2D eigenvalue weighted by molar-refractivity contribution is -0.205. The van der Waals surface area contributed by atoms with E-state index in [1.807, 2.05) is 37.2 Å². The summed E-state index contributed by atoms with van der Waals surface area (Å²) in [5.41, 5.74) is 9.37. The van der Waals surface area contributed by atoms with Gasteiger partial charge in [-0.2, -0.15) is 0 Å². The summed E-state index contributed by atoms with van der Waals surface area (Å²) < 4.78 is 21.1. The van der Waals surface area contributed by atoms with Crippen molar-refractivity contribution in [2.24, 2.45) is 0 Å². The van der Waals surface area contributed by atoms with E-state index in [-0.39, 0.29) is 24.0 Å². The standard InChI is InChI=1S/C31H42N8O4/c1-18(2)38(24(40)10-8-9-23-36-20-12-11-19(29(3,4)5)13-21(20)37-23)14-22-26-31(15-41-22,43-30(6,7)42-26)39-17-35-25-27(32)33-16-34-28(25)39/h11-13,16-18,22,26H,8-10,14-15H2,1-7H3,(H,36,37)(H2,32,33,34)/t22-,26-,31-/m1/s1. The molecule has 0 unspecified atom stereocenters. The lowest BCUT2D eigenvalue weighted by atomic mass is 9.87. The third kappa shape index (κ3) is 5.36. The number of carbonyl (C=O) groups excluding carboxylic acids is 1. The second kappa shape index (κ2) is 10.5. The number of H-pyrrole nitrogens is 1. The lowest BCUT2D eigenvalue weighted by Gasteiger charge is -2.32. The van der Waals surface area contributed by atoms with E-state index < -0.39 is 23.7 Å². The maximum Gasteiger partial charge on any atom is 0.222 e. The van der Waals surface area contributed by atoms with Gasteiger partial charge in [0.1, 0.15) is 29.9 Å². The Bertz CT molecular complexity index is 1650. The lowest BCUT2D eigenvalue weighted by Crippen LogP contribution is -2.49. The van der Waals surface area contributed by atoms with Crippen molar-refractivity contribution >= 4 is 33.9 Å². The number of carbonyl (C=O) groups is 1. The van der Waals surface area contributed by atoms with Crippen LogP contribution in [0.4, 0.5) is 5.82 Å². The molecule has 1 amide bonds. The van der Waals surface area contributed by atoms with Gasteiger partial charge in [-0.3, -0.25) is 9.36 Å². The van der Waals surface area contributed by atoms with Crippen molar-refractivity contribution in [1.82, 2.24) is 34.4 Å². The van der Waals surface area contributed by atoms with E-state index >= 15 is 0 Å². The molecule has 12 nitrogen and oxygen atoms in total. The number of nitrogens with zero attached hydrogens (tertiary/aromatic N) is 6. The van der Waals surface area contributed by atoms with Gasteiger partial charge in [-0.25, -0.2) is 19.9 Å². The molecule has 2 saturated heterocycles. The quantitative estimate of drug-likeness (QED) is 0.310. The van der Waals surface area contributed by atoms with Crippen molar-refractivity contribution in [3.8, 4) is 0 Å². The molecule has 0 saturated carbocycles. The van der Waals surface area contributed by atoms with Crippen LogP contribution in [0, 0.1) is 0 Å². The van der Waals surface area contributed by atoms with Crippen molar-refractivity contribution in [3.05, 3.63) is 42.2 Å². The smallest absolute Gasteiger partial charge is 0.222 e. The van der Waals surface area contributed by atoms with Crippen LogP contribution in [0.15, 0.2) is 30.9 Å². The maximum atomic E-state index is 13.6. The Balaban J connectivity index is 1.15. The third-order valence-electron chi connectivity index (χ3n) is 8.41. The highest BCUT2D eigenvalue weighted by Crippen LogP contribution is 2.47. The van der Waals surface area contributed by atoms with Crippen LogP contribution < -0.4 is 5.73 Å². The molecule has 0 aliphatic carbocycles. The van der Waals surface area contributed by atoms with Crippen LogP contribution in [0.5, 0.6) is 0 Å². The molecule has 1 aromatic carbocycles. The van der Waals surface area contributed by atoms with Gasteiger partial charge in [-0.1, -0.05) is 26.8 Å². The van der Waals surface area contributed by atoms with E-state index in [0.29, 0.717) is 42.8 Å². The van der Waals surface area contributed by atoms with Gasteiger partial charge in [0.25, 0.3) is 0 Å². The van der Waals surface area contributed by atoms with Crippen molar-refractivity contribution in [1.29, 1.82) is 0 Å². The molecule has 2 fully saturated rings. The highest BCUT2D eigenvalue weighted by molar-refractivity contribution is 5.81. The number of imidazole rings is 2. The monoisotopic (exact) mass is 590 g/mol. The number of hydrogen-bond acceptors (Lipinski definition) is 9. The number of fused-ring (bicyclic) bond motifs is 3. The molecule has 2 aliphatic heterocycles. The fraction of sp³-hybridized carbons (Fsp3) is 0.581. The first-order valence-corrected chi connectivity index (χ1v) is 15.0. The minimum atomic E-state index is -1.01. The largest absolute Gasteiger partial charge is 0.382 e. The first kappa shape index (κ1) is 29.5. The number of aryl methyl sites for hydroxylation is 1. The molecule has 6 rings (SSSR count). The van der Waals surface area contributed by atoms with E-state index in [2.05, 4.69) is 58.9 Å². The molecule has 5 heterocycles. The normalized spacial score (nSPS) is 23.4. The summed E-state index contributed by atoms with van der Waals surface area (Å²) in [6.45, 7) is 15.0. The van der Waals surface area contributed by atoms with Gasteiger partial charge in [-0.15, -0.1) is 0 Å². The SMILES string of the molecule is CC(C)N(C[C@H]1OC[C@@]2(n3cnc4c(N)ncnc43)OC(C)(C)O[C@H]12)C(=O)CCCc1nc2ccc(C(C)(C)C)cc2[nH]1. The number of nitrogens with one attached hydrogen (secondary N) is 1. The number of rotatable bonds is 8. The van der Waals surface area contributed by atoms with E-state index in [9.17, 15) is 4.79 Å². The Labute approximate surface area is 251 Å². The van der Waals surface area contributed by atoms with Gasteiger partial charge >= 0.3 is 0 Å². The number of benzene rings is 1.